The zero-order valence-electron chi connectivity index (χ0n) is 11.6. The predicted molar refractivity (Wildman–Crippen MR) is 85.2 cm³/mol. The van der Waals surface area contributed by atoms with Crippen LogP contribution in [-0.2, 0) is 9.53 Å². The lowest BCUT2D eigenvalue weighted by Gasteiger charge is -2.18. The van der Waals surface area contributed by atoms with Crippen molar-refractivity contribution in [3.63, 3.8) is 0 Å². The lowest BCUT2D eigenvalue weighted by atomic mass is 10.1. The van der Waals surface area contributed by atoms with Crippen LogP contribution in [0.25, 0.3) is 10.4 Å². The zero-order chi connectivity index (χ0) is 15.7. The fourth-order valence-electron chi connectivity index (χ4n) is 1.70. The maximum atomic E-state index is 12.0. The molecule has 1 unspecified atom stereocenters. The van der Waals surface area contributed by atoms with Gasteiger partial charge in [0.25, 0.3) is 0 Å². The van der Waals surface area contributed by atoms with Crippen molar-refractivity contribution >= 4 is 33.5 Å². The van der Waals surface area contributed by atoms with Crippen molar-refractivity contribution in [1.82, 2.24) is 5.32 Å². The van der Waals surface area contributed by atoms with Crippen LogP contribution >= 0.6 is 27.5 Å². The van der Waals surface area contributed by atoms with Crippen molar-refractivity contribution in [3.05, 3.63) is 43.7 Å². The molecule has 1 aromatic rings. The molecular formula is C13H16BrClN4O2. The second kappa shape index (κ2) is 9.63. The van der Waals surface area contributed by atoms with E-state index in [-0.39, 0.29) is 5.97 Å². The predicted octanol–water partition coefficient (Wildman–Crippen LogP) is 4.00. The molecule has 1 atom stereocenters. The minimum Gasteiger partial charge on any atom is -0.465 e. The van der Waals surface area contributed by atoms with Gasteiger partial charge < -0.3 is 10.1 Å². The van der Waals surface area contributed by atoms with Gasteiger partial charge in [0.15, 0.2) is 0 Å². The summed E-state index contributed by atoms with van der Waals surface area (Å²) in [6.07, 6.45) is 0.629. The summed E-state index contributed by atoms with van der Waals surface area (Å²) in [7, 11) is 0. The SMILES string of the molecule is CCOC(=O)C(NCCCN=[N+]=[N-])c1ccc(Br)c(Cl)c1. The van der Waals surface area contributed by atoms with Gasteiger partial charge in [0.1, 0.15) is 6.04 Å². The number of azide groups is 1. The number of hydrogen-bond acceptors (Lipinski definition) is 4. The molecule has 114 valence electrons. The molecule has 8 heteroatoms. The van der Waals surface area contributed by atoms with E-state index in [1.165, 1.54) is 0 Å². The van der Waals surface area contributed by atoms with Gasteiger partial charge in [-0.1, -0.05) is 22.8 Å². The van der Waals surface area contributed by atoms with Crippen molar-refractivity contribution in [2.45, 2.75) is 19.4 Å². The van der Waals surface area contributed by atoms with E-state index in [0.29, 0.717) is 31.1 Å². The smallest absolute Gasteiger partial charge is 0.327 e. The molecule has 1 rings (SSSR count). The molecule has 0 spiro atoms. The van der Waals surface area contributed by atoms with E-state index < -0.39 is 6.04 Å². The quantitative estimate of drug-likeness (QED) is 0.245. The van der Waals surface area contributed by atoms with Crippen LogP contribution in [0.3, 0.4) is 0 Å². The van der Waals surface area contributed by atoms with Gasteiger partial charge >= 0.3 is 5.97 Å². The van der Waals surface area contributed by atoms with Gasteiger partial charge in [-0.05, 0) is 59.0 Å². The third-order valence-corrected chi connectivity index (χ3v) is 3.88. The van der Waals surface area contributed by atoms with Crippen molar-refractivity contribution in [2.75, 3.05) is 19.7 Å². The fraction of sp³-hybridized carbons (Fsp3) is 0.462. The molecule has 0 aliphatic heterocycles. The molecule has 0 aliphatic rings. The third-order valence-electron chi connectivity index (χ3n) is 2.65. The van der Waals surface area contributed by atoms with Gasteiger partial charge in [-0.3, -0.25) is 0 Å². The van der Waals surface area contributed by atoms with Crippen molar-refractivity contribution in [3.8, 4) is 0 Å². The van der Waals surface area contributed by atoms with Crippen LogP contribution in [0.4, 0.5) is 0 Å². The minimum absolute atomic E-state index is 0.306. The van der Waals surface area contributed by atoms with Crippen LogP contribution in [0.5, 0.6) is 0 Å². The second-order valence-electron chi connectivity index (χ2n) is 4.12. The number of carbonyl (C=O) groups is 1. The van der Waals surface area contributed by atoms with E-state index in [0.717, 1.165) is 10.0 Å². The Kier molecular flexibility index (Phi) is 8.15. The summed E-state index contributed by atoms with van der Waals surface area (Å²) in [5.41, 5.74) is 8.94. The standard InChI is InChI=1S/C13H16BrClN4O2/c1-2-21-13(20)12(17-6-3-7-18-19-16)9-4-5-10(14)11(15)8-9/h4-5,8,12,17H,2-3,6-7H2,1H3. The molecule has 0 aromatic heterocycles. The largest absolute Gasteiger partial charge is 0.465 e. The number of ether oxygens (including phenoxy) is 1. The van der Waals surface area contributed by atoms with Crippen molar-refractivity contribution in [2.24, 2.45) is 5.11 Å². The number of hydrogen-bond donors (Lipinski definition) is 1. The first-order valence-electron chi connectivity index (χ1n) is 6.46. The van der Waals surface area contributed by atoms with Crippen LogP contribution in [0.15, 0.2) is 27.8 Å². The normalized spacial score (nSPS) is 11.6. The average Bonchev–Trinajstić information content (AvgIpc) is 2.46. The molecule has 0 heterocycles. The van der Waals surface area contributed by atoms with Gasteiger partial charge in [0.2, 0.25) is 0 Å². The van der Waals surface area contributed by atoms with Gasteiger partial charge in [0, 0.05) is 15.9 Å². The maximum Gasteiger partial charge on any atom is 0.327 e. The van der Waals surface area contributed by atoms with Gasteiger partial charge in [-0.2, -0.15) is 0 Å². The summed E-state index contributed by atoms with van der Waals surface area (Å²) >= 11 is 9.37. The van der Waals surface area contributed by atoms with Gasteiger partial charge in [-0.25, -0.2) is 4.79 Å². The number of benzene rings is 1. The summed E-state index contributed by atoms with van der Waals surface area (Å²) in [6, 6.07) is 4.71. The van der Waals surface area contributed by atoms with Crippen LogP contribution in [0.1, 0.15) is 24.9 Å². The first-order chi connectivity index (χ1) is 10.1. The molecule has 6 nitrogen and oxygen atoms in total. The fourth-order valence-corrected chi connectivity index (χ4v) is 2.13. The van der Waals surface area contributed by atoms with Crippen LogP contribution in [-0.4, -0.2) is 25.7 Å². The van der Waals surface area contributed by atoms with E-state index in [1.54, 1.807) is 25.1 Å². The molecule has 1 aromatic carbocycles. The Bertz CT molecular complexity index is 535. The summed E-state index contributed by atoms with van der Waals surface area (Å²) in [6.45, 7) is 2.96. The van der Waals surface area contributed by atoms with Gasteiger partial charge in [-0.15, -0.1) is 0 Å². The van der Waals surface area contributed by atoms with E-state index in [1.807, 2.05) is 0 Å². The van der Waals surface area contributed by atoms with Gasteiger partial charge in [0.05, 0.1) is 11.6 Å². The monoisotopic (exact) mass is 374 g/mol. The second-order valence-corrected chi connectivity index (χ2v) is 5.38. The molecule has 21 heavy (non-hydrogen) atoms. The lowest BCUT2D eigenvalue weighted by Crippen LogP contribution is -2.31. The highest BCUT2D eigenvalue weighted by molar-refractivity contribution is 9.10. The zero-order valence-corrected chi connectivity index (χ0v) is 13.9. The Hall–Kier alpha value is -1.27. The number of nitrogens with zero attached hydrogens (tertiary/aromatic N) is 3. The minimum atomic E-state index is -0.596. The number of nitrogens with one attached hydrogen (secondary N) is 1. The molecule has 1 N–H and O–H groups in total. The van der Waals surface area contributed by atoms with E-state index in [2.05, 4.69) is 31.3 Å². The molecule has 0 saturated heterocycles. The number of carbonyl (C=O) groups excluding carboxylic acids is 1. The summed E-state index contributed by atoms with van der Waals surface area (Å²) in [5.74, 6) is -0.361. The maximum absolute atomic E-state index is 12.0. The van der Waals surface area contributed by atoms with E-state index >= 15 is 0 Å². The average molecular weight is 376 g/mol. The molecule has 0 saturated carbocycles. The Morgan fingerprint density at radius 2 is 2.38 bits per heavy atom. The molecule has 0 bridgehead atoms. The number of esters is 1. The van der Waals surface area contributed by atoms with Crippen molar-refractivity contribution in [1.29, 1.82) is 0 Å². The Morgan fingerprint density at radius 3 is 3.00 bits per heavy atom. The molecular weight excluding hydrogens is 360 g/mol. The molecule has 0 amide bonds. The third kappa shape index (κ3) is 5.93. The molecule has 0 aliphatic carbocycles. The lowest BCUT2D eigenvalue weighted by molar-refractivity contribution is -0.145. The van der Waals surface area contributed by atoms with Crippen LogP contribution < -0.4 is 5.32 Å². The highest BCUT2D eigenvalue weighted by Gasteiger charge is 2.21. The van der Waals surface area contributed by atoms with Crippen LogP contribution in [0.2, 0.25) is 5.02 Å². The van der Waals surface area contributed by atoms with E-state index in [4.69, 9.17) is 21.9 Å². The number of halogens is 2. The summed E-state index contributed by atoms with van der Waals surface area (Å²) in [4.78, 5) is 14.7. The summed E-state index contributed by atoms with van der Waals surface area (Å²) < 4.78 is 5.83. The molecule has 0 radical (unpaired) electrons. The molecule has 0 fully saturated rings. The highest BCUT2D eigenvalue weighted by atomic mass is 79.9. The first-order valence-corrected chi connectivity index (χ1v) is 7.63. The number of rotatable bonds is 8. The van der Waals surface area contributed by atoms with Crippen molar-refractivity contribution < 1.29 is 9.53 Å². The Labute approximate surface area is 136 Å². The Balaban J connectivity index is 2.78. The van der Waals surface area contributed by atoms with Crippen LogP contribution in [0, 0.1) is 0 Å². The first kappa shape index (κ1) is 17.8. The summed E-state index contributed by atoms with van der Waals surface area (Å²) in [5, 5.41) is 7.07. The highest BCUT2D eigenvalue weighted by Crippen LogP contribution is 2.26. The topological polar surface area (TPSA) is 87.1 Å². The van der Waals surface area contributed by atoms with E-state index in [9.17, 15) is 4.79 Å². The Morgan fingerprint density at radius 1 is 1.62 bits per heavy atom.